The highest BCUT2D eigenvalue weighted by Crippen LogP contribution is 2.15. The van der Waals surface area contributed by atoms with Crippen LogP contribution < -0.4 is 5.32 Å². The van der Waals surface area contributed by atoms with Crippen molar-refractivity contribution in [3.63, 3.8) is 0 Å². The van der Waals surface area contributed by atoms with Crippen LogP contribution >= 0.6 is 0 Å². The van der Waals surface area contributed by atoms with Gasteiger partial charge < -0.3 is 20.6 Å². The summed E-state index contributed by atoms with van der Waals surface area (Å²) in [6.45, 7) is 4.18. The number of amides is 1. The molecular weight excluding hydrogens is 655 g/mol. The molecule has 0 aromatic carbocycles. The van der Waals surface area contributed by atoms with E-state index < -0.39 is 24.2 Å². The number of rotatable bonds is 42. The van der Waals surface area contributed by atoms with Crippen LogP contribution in [0.15, 0.2) is 36.5 Å². The van der Waals surface area contributed by atoms with E-state index in [0.717, 1.165) is 38.5 Å². The number of carbonyl (C=O) groups is 1. The average molecular weight is 746 g/mol. The maximum Gasteiger partial charge on any atom is 0.249 e. The van der Waals surface area contributed by atoms with E-state index in [1.54, 1.807) is 6.08 Å². The molecule has 0 aromatic rings. The summed E-state index contributed by atoms with van der Waals surface area (Å²) in [5.74, 6) is -0.515. The number of aliphatic hydroxyl groups is 3. The number of hydrogen-bond acceptors (Lipinski definition) is 4. The third-order valence-corrected chi connectivity index (χ3v) is 10.7. The zero-order valence-electron chi connectivity index (χ0n) is 35.4. The first-order chi connectivity index (χ1) is 26.1. The Morgan fingerprint density at radius 2 is 0.774 bits per heavy atom. The normalized spacial score (nSPS) is 13.8. The minimum Gasteiger partial charge on any atom is -0.394 e. The van der Waals surface area contributed by atoms with Crippen molar-refractivity contribution >= 4 is 5.91 Å². The molecule has 0 aliphatic heterocycles. The SMILES string of the molecule is CCCCCCCCCCCC/C=C/CC/C=C/C(O)C(CO)NC(=O)C(O)CCCCCCCCC/C=C\CCCCCCCCCCCCCC. The highest BCUT2D eigenvalue weighted by molar-refractivity contribution is 5.80. The molecule has 5 nitrogen and oxygen atoms in total. The summed E-state index contributed by atoms with van der Waals surface area (Å²) in [5, 5.41) is 33.1. The maximum atomic E-state index is 12.5. The van der Waals surface area contributed by atoms with Gasteiger partial charge >= 0.3 is 0 Å². The monoisotopic (exact) mass is 746 g/mol. The first-order valence-electron chi connectivity index (χ1n) is 23.3. The van der Waals surface area contributed by atoms with Crippen LogP contribution in [0.4, 0.5) is 0 Å². The van der Waals surface area contributed by atoms with E-state index in [2.05, 4.69) is 43.5 Å². The molecule has 0 rings (SSSR count). The number of unbranched alkanes of at least 4 members (excludes halogenated alkanes) is 30. The molecule has 1 amide bonds. The summed E-state index contributed by atoms with van der Waals surface area (Å²) in [5.41, 5.74) is 0. The fourth-order valence-electron chi connectivity index (χ4n) is 7.02. The predicted molar refractivity (Wildman–Crippen MR) is 231 cm³/mol. The third kappa shape index (κ3) is 38.6. The molecule has 0 saturated heterocycles. The third-order valence-electron chi connectivity index (χ3n) is 10.7. The lowest BCUT2D eigenvalue weighted by Gasteiger charge is -2.21. The Hall–Kier alpha value is -1.43. The van der Waals surface area contributed by atoms with Crippen molar-refractivity contribution in [2.75, 3.05) is 6.61 Å². The van der Waals surface area contributed by atoms with Crippen molar-refractivity contribution in [2.45, 2.75) is 257 Å². The van der Waals surface area contributed by atoms with Crippen molar-refractivity contribution < 1.29 is 20.1 Å². The molecule has 4 N–H and O–H groups in total. The molecule has 3 unspecified atom stereocenters. The van der Waals surface area contributed by atoms with E-state index in [9.17, 15) is 20.1 Å². The molecule has 0 radical (unpaired) electrons. The fourth-order valence-corrected chi connectivity index (χ4v) is 7.02. The molecule has 0 saturated carbocycles. The lowest BCUT2D eigenvalue weighted by Crippen LogP contribution is -2.48. The van der Waals surface area contributed by atoms with E-state index in [1.165, 1.54) is 180 Å². The van der Waals surface area contributed by atoms with Gasteiger partial charge in [0.05, 0.1) is 18.8 Å². The zero-order chi connectivity index (χ0) is 38.7. The Kier molecular flexibility index (Phi) is 42.1. The second-order valence-corrected chi connectivity index (χ2v) is 16.0. The lowest BCUT2D eigenvalue weighted by atomic mass is 10.0. The molecule has 0 spiro atoms. The molecule has 0 aromatic heterocycles. The van der Waals surface area contributed by atoms with Gasteiger partial charge in [-0.05, 0) is 57.8 Å². The molecule has 0 aliphatic rings. The number of aliphatic hydroxyl groups excluding tert-OH is 3. The van der Waals surface area contributed by atoms with Gasteiger partial charge in [-0.15, -0.1) is 0 Å². The molecule has 0 heterocycles. The molecule has 0 bridgehead atoms. The maximum absolute atomic E-state index is 12.5. The van der Waals surface area contributed by atoms with Crippen molar-refractivity contribution in [3.05, 3.63) is 36.5 Å². The van der Waals surface area contributed by atoms with Crippen LogP contribution in [0, 0.1) is 0 Å². The minimum absolute atomic E-state index is 0.377. The minimum atomic E-state index is -1.11. The van der Waals surface area contributed by atoms with E-state index >= 15 is 0 Å². The summed E-state index contributed by atoms with van der Waals surface area (Å²) in [7, 11) is 0. The van der Waals surface area contributed by atoms with Crippen LogP contribution in [0.1, 0.15) is 239 Å². The summed E-state index contributed by atoms with van der Waals surface area (Å²) in [4.78, 5) is 12.5. The van der Waals surface area contributed by atoms with E-state index in [4.69, 9.17) is 0 Å². The van der Waals surface area contributed by atoms with Gasteiger partial charge in [-0.25, -0.2) is 0 Å². The summed E-state index contributed by atoms with van der Waals surface area (Å²) in [6, 6.07) is -0.815. The Balaban J connectivity index is 3.68. The predicted octanol–water partition coefficient (Wildman–Crippen LogP) is 13.5. The number of nitrogens with one attached hydrogen (secondary N) is 1. The van der Waals surface area contributed by atoms with Gasteiger partial charge in [-0.1, -0.05) is 217 Å². The van der Waals surface area contributed by atoms with Crippen molar-refractivity contribution in [1.82, 2.24) is 5.32 Å². The smallest absolute Gasteiger partial charge is 0.249 e. The Morgan fingerprint density at radius 1 is 0.453 bits per heavy atom. The van der Waals surface area contributed by atoms with E-state index in [1.807, 2.05) is 6.08 Å². The van der Waals surface area contributed by atoms with Crippen molar-refractivity contribution in [2.24, 2.45) is 0 Å². The Labute approximate surface area is 330 Å². The first kappa shape index (κ1) is 51.6. The van der Waals surface area contributed by atoms with Gasteiger partial charge in [0.2, 0.25) is 5.91 Å². The van der Waals surface area contributed by atoms with E-state index in [-0.39, 0.29) is 6.61 Å². The van der Waals surface area contributed by atoms with Crippen molar-refractivity contribution in [1.29, 1.82) is 0 Å². The molecule has 0 aliphatic carbocycles. The summed E-state index contributed by atoms with van der Waals surface area (Å²) in [6.07, 6.45) is 54.7. The Morgan fingerprint density at radius 3 is 1.15 bits per heavy atom. The summed E-state index contributed by atoms with van der Waals surface area (Å²) < 4.78 is 0. The zero-order valence-corrected chi connectivity index (χ0v) is 35.4. The van der Waals surface area contributed by atoms with Crippen LogP contribution in [-0.4, -0.2) is 46.1 Å². The summed E-state index contributed by atoms with van der Waals surface area (Å²) >= 11 is 0. The fraction of sp³-hybridized carbons (Fsp3) is 0.854. The lowest BCUT2D eigenvalue weighted by molar-refractivity contribution is -0.131. The largest absolute Gasteiger partial charge is 0.394 e. The Bertz CT molecular complexity index is 824. The average Bonchev–Trinajstić information content (AvgIpc) is 3.16. The second kappa shape index (κ2) is 43.3. The van der Waals surface area contributed by atoms with Gasteiger partial charge in [0.1, 0.15) is 6.10 Å². The molecule has 53 heavy (non-hydrogen) atoms. The molecule has 0 fully saturated rings. The van der Waals surface area contributed by atoms with Crippen LogP contribution in [0.25, 0.3) is 0 Å². The quantitative estimate of drug-likeness (QED) is 0.0370. The highest BCUT2D eigenvalue weighted by Gasteiger charge is 2.22. The van der Waals surface area contributed by atoms with Gasteiger partial charge in [-0.2, -0.15) is 0 Å². The molecular formula is C48H91NO4. The van der Waals surface area contributed by atoms with Crippen molar-refractivity contribution in [3.8, 4) is 0 Å². The van der Waals surface area contributed by atoms with Gasteiger partial charge in [-0.3, -0.25) is 4.79 Å². The number of hydrogen-bond donors (Lipinski definition) is 4. The molecule has 312 valence electrons. The van der Waals surface area contributed by atoms with Crippen LogP contribution in [-0.2, 0) is 4.79 Å². The topological polar surface area (TPSA) is 89.8 Å². The second-order valence-electron chi connectivity index (χ2n) is 16.0. The molecule has 5 heteroatoms. The van der Waals surface area contributed by atoms with Gasteiger partial charge in [0.25, 0.3) is 0 Å². The standard InChI is InChI=1S/C48H91NO4/c1-3-5-7-9-11-13-15-17-19-21-22-23-24-25-26-27-29-31-33-35-37-39-41-43-47(52)48(53)49-45(44-50)46(51)42-40-38-36-34-32-30-28-20-18-16-14-12-10-8-6-4-2/h25-26,32,34,40,42,45-47,50-52H,3-24,27-31,33,35-39,41,43-44H2,1-2H3,(H,49,53)/b26-25-,34-32+,42-40+. The number of carbonyl (C=O) groups excluding carboxylic acids is 1. The van der Waals surface area contributed by atoms with Crippen LogP contribution in [0.3, 0.4) is 0 Å². The van der Waals surface area contributed by atoms with Gasteiger partial charge in [0, 0.05) is 0 Å². The highest BCUT2D eigenvalue weighted by atomic mass is 16.3. The van der Waals surface area contributed by atoms with Crippen LogP contribution in [0.5, 0.6) is 0 Å². The first-order valence-corrected chi connectivity index (χ1v) is 23.3. The van der Waals surface area contributed by atoms with Gasteiger partial charge in [0.15, 0.2) is 0 Å². The van der Waals surface area contributed by atoms with E-state index in [0.29, 0.717) is 6.42 Å². The molecule has 3 atom stereocenters. The van der Waals surface area contributed by atoms with Crippen LogP contribution in [0.2, 0.25) is 0 Å². The number of allylic oxidation sites excluding steroid dienone is 5.